The van der Waals surface area contributed by atoms with Crippen molar-refractivity contribution in [2.75, 3.05) is 23.7 Å². The Hall–Kier alpha value is -3.57. The summed E-state index contributed by atoms with van der Waals surface area (Å²) < 4.78 is 66.3. The molecule has 0 saturated carbocycles. The monoisotopic (exact) mass is 609 g/mol. The summed E-state index contributed by atoms with van der Waals surface area (Å²) in [6, 6.07) is 18.3. The predicted octanol–water partition coefficient (Wildman–Crippen LogP) is 5.29. The van der Waals surface area contributed by atoms with Crippen LogP contribution in [0.2, 0.25) is 5.02 Å². The molecule has 0 aliphatic carbocycles. The molecule has 0 heterocycles. The molecule has 3 aromatic carbocycles. The Morgan fingerprint density at radius 2 is 1.61 bits per heavy atom. The minimum Gasteiger partial charge on any atom is -0.354 e. The Kier molecular flexibility index (Phi) is 10.8. The first-order valence-electron chi connectivity index (χ1n) is 12.8. The van der Waals surface area contributed by atoms with E-state index in [2.05, 4.69) is 5.32 Å². The maximum absolute atomic E-state index is 13.9. The van der Waals surface area contributed by atoms with Crippen molar-refractivity contribution in [1.29, 1.82) is 0 Å². The summed E-state index contributed by atoms with van der Waals surface area (Å²) in [5.74, 6) is -1.23. The third kappa shape index (κ3) is 9.22. The molecule has 7 nitrogen and oxygen atoms in total. The Morgan fingerprint density at radius 1 is 0.951 bits per heavy atom. The molecule has 3 rings (SSSR count). The molecule has 0 unspecified atom stereocenters. The molecule has 1 N–H and O–H groups in total. The second-order valence-corrected chi connectivity index (χ2v) is 11.8. The molecule has 0 bridgehead atoms. The topological polar surface area (TPSA) is 86.8 Å². The Morgan fingerprint density at radius 3 is 2.22 bits per heavy atom. The lowest BCUT2D eigenvalue weighted by atomic mass is 10.0. The van der Waals surface area contributed by atoms with Crippen LogP contribution in [-0.2, 0) is 38.8 Å². The molecule has 0 spiro atoms. The number of nitrogens with zero attached hydrogens (tertiary/aromatic N) is 2. The molecule has 0 aliphatic heterocycles. The zero-order valence-corrected chi connectivity index (χ0v) is 24.1. The van der Waals surface area contributed by atoms with Gasteiger partial charge in [0.15, 0.2) is 0 Å². The highest BCUT2D eigenvalue weighted by Crippen LogP contribution is 2.32. The number of rotatable bonds is 12. The van der Waals surface area contributed by atoms with E-state index in [4.69, 9.17) is 11.6 Å². The lowest BCUT2D eigenvalue weighted by molar-refractivity contribution is -0.140. The van der Waals surface area contributed by atoms with E-state index in [1.165, 1.54) is 11.0 Å². The van der Waals surface area contributed by atoms with E-state index in [-0.39, 0.29) is 18.7 Å². The van der Waals surface area contributed by atoms with Crippen LogP contribution in [0.4, 0.5) is 18.9 Å². The predicted molar refractivity (Wildman–Crippen MR) is 153 cm³/mol. The summed E-state index contributed by atoms with van der Waals surface area (Å²) in [4.78, 5) is 28.6. The van der Waals surface area contributed by atoms with Crippen molar-refractivity contribution in [3.8, 4) is 0 Å². The third-order valence-corrected chi connectivity index (χ3v) is 7.58. The Bertz CT molecular complexity index is 1450. The smallest absolute Gasteiger partial charge is 0.354 e. The van der Waals surface area contributed by atoms with Crippen molar-refractivity contribution in [3.63, 3.8) is 0 Å². The second kappa shape index (κ2) is 13.9. The number of alkyl halides is 3. The van der Waals surface area contributed by atoms with Crippen LogP contribution in [0, 0.1) is 0 Å². The van der Waals surface area contributed by atoms with Gasteiger partial charge < -0.3 is 10.2 Å². The minimum atomic E-state index is -4.72. The van der Waals surface area contributed by atoms with Crippen molar-refractivity contribution in [2.45, 2.75) is 38.5 Å². The van der Waals surface area contributed by atoms with Gasteiger partial charge in [-0.3, -0.25) is 13.9 Å². The number of nitrogens with one attached hydrogen (secondary N) is 1. The number of sulfonamides is 1. The van der Waals surface area contributed by atoms with Crippen molar-refractivity contribution < 1.29 is 31.2 Å². The van der Waals surface area contributed by atoms with E-state index < -0.39 is 46.2 Å². The lowest BCUT2D eigenvalue weighted by Crippen LogP contribution is -2.53. The van der Waals surface area contributed by atoms with Gasteiger partial charge in [0.2, 0.25) is 21.8 Å². The summed E-state index contributed by atoms with van der Waals surface area (Å²) in [7, 11) is -4.21. The first-order chi connectivity index (χ1) is 19.3. The number of benzene rings is 3. The van der Waals surface area contributed by atoms with E-state index in [1.807, 2.05) is 13.0 Å². The quantitative estimate of drug-likeness (QED) is 0.302. The first-order valence-corrected chi connectivity index (χ1v) is 15.0. The van der Waals surface area contributed by atoms with Gasteiger partial charge in [-0.05, 0) is 47.9 Å². The molecule has 2 amide bonds. The van der Waals surface area contributed by atoms with Crippen LogP contribution < -0.4 is 9.62 Å². The summed E-state index contributed by atoms with van der Waals surface area (Å²) in [5.41, 5.74) is -0.0516. The summed E-state index contributed by atoms with van der Waals surface area (Å²) >= 11 is 6.16. The van der Waals surface area contributed by atoms with Crippen molar-refractivity contribution in [1.82, 2.24) is 10.2 Å². The van der Waals surface area contributed by atoms with E-state index in [9.17, 15) is 31.2 Å². The molecule has 0 fully saturated rings. The Balaban J connectivity index is 2.07. The largest absolute Gasteiger partial charge is 0.416 e. The van der Waals surface area contributed by atoms with E-state index in [0.717, 1.165) is 24.0 Å². The molecule has 0 radical (unpaired) electrons. The van der Waals surface area contributed by atoms with Crippen molar-refractivity contribution >= 4 is 39.1 Å². The standard InChI is InChI=1S/C29H31ClF3N3O4S/c1-3-15-34-28(38)26(17-21-9-5-4-6-10-21)35(19-22-11-7-13-24(30)16-22)27(37)20-36(41(2,39)40)25-14-8-12-23(18-25)29(31,32)33/h4-14,16,18,26H,3,15,17,19-20H2,1-2H3,(H,34,38)/t26-/m1/s1. The van der Waals surface area contributed by atoms with Crippen molar-refractivity contribution in [3.05, 3.63) is 101 Å². The van der Waals surface area contributed by atoms with Crippen LogP contribution in [0.1, 0.15) is 30.0 Å². The van der Waals surface area contributed by atoms with Crippen LogP contribution >= 0.6 is 11.6 Å². The van der Waals surface area contributed by atoms with Gasteiger partial charge in [0.05, 0.1) is 17.5 Å². The molecule has 12 heteroatoms. The van der Waals surface area contributed by atoms with E-state index in [0.29, 0.717) is 33.9 Å². The zero-order valence-electron chi connectivity index (χ0n) is 22.6. The number of anilines is 1. The molecular weight excluding hydrogens is 579 g/mol. The molecule has 3 aromatic rings. The normalized spacial score (nSPS) is 12.4. The van der Waals surface area contributed by atoms with Gasteiger partial charge in [-0.25, -0.2) is 8.42 Å². The number of hydrogen-bond acceptors (Lipinski definition) is 4. The number of halogens is 4. The van der Waals surface area contributed by atoms with Gasteiger partial charge in [-0.2, -0.15) is 13.2 Å². The van der Waals surface area contributed by atoms with Gasteiger partial charge >= 0.3 is 6.18 Å². The summed E-state index contributed by atoms with van der Waals surface area (Å²) in [6.45, 7) is 1.30. The highest BCUT2D eigenvalue weighted by molar-refractivity contribution is 7.92. The fraction of sp³-hybridized carbons (Fsp3) is 0.310. The number of hydrogen-bond donors (Lipinski definition) is 1. The third-order valence-electron chi connectivity index (χ3n) is 6.20. The van der Waals surface area contributed by atoms with Crippen LogP contribution in [0.25, 0.3) is 0 Å². The minimum absolute atomic E-state index is 0.101. The maximum Gasteiger partial charge on any atom is 0.416 e. The Labute approximate surface area is 243 Å². The van der Waals surface area contributed by atoms with Crippen LogP contribution in [0.15, 0.2) is 78.9 Å². The zero-order chi connectivity index (χ0) is 30.2. The number of carbonyl (C=O) groups is 2. The average molecular weight is 610 g/mol. The number of amides is 2. The molecule has 0 saturated heterocycles. The molecule has 220 valence electrons. The van der Waals surface area contributed by atoms with E-state index in [1.54, 1.807) is 48.5 Å². The van der Waals surface area contributed by atoms with Crippen LogP contribution in [0.3, 0.4) is 0 Å². The first kappa shape index (κ1) is 32.0. The number of carbonyl (C=O) groups excluding carboxylic acids is 2. The molecule has 41 heavy (non-hydrogen) atoms. The van der Waals surface area contributed by atoms with E-state index >= 15 is 0 Å². The summed E-state index contributed by atoms with van der Waals surface area (Å²) in [6.07, 6.45) is -3.16. The van der Waals surface area contributed by atoms with Gasteiger partial charge in [0.25, 0.3) is 0 Å². The van der Waals surface area contributed by atoms with Gasteiger partial charge in [-0.15, -0.1) is 0 Å². The average Bonchev–Trinajstić information content (AvgIpc) is 2.91. The maximum atomic E-state index is 13.9. The molecule has 1 atom stereocenters. The lowest BCUT2D eigenvalue weighted by Gasteiger charge is -2.33. The van der Waals surface area contributed by atoms with Gasteiger partial charge in [-0.1, -0.05) is 67.1 Å². The summed E-state index contributed by atoms with van der Waals surface area (Å²) in [5, 5.41) is 3.20. The highest BCUT2D eigenvalue weighted by Gasteiger charge is 2.35. The fourth-order valence-corrected chi connectivity index (χ4v) is 5.26. The van der Waals surface area contributed by atoms with Crippen LogP contribution in [0.5, 0.6) is 0 Å². The molecular formula is C29H31ClF3N3O4S. The van der Waals surface area contributed by atoms with Crippen molar-refractivity contribution in [2.24, 2.45) is 0 Å². The second-order valence-electron chi connectivity index (χ2n) is 9.47. The fourth-order valence-electron chi connectivity index (χ4n) is 4.20. The van der Waals surface area contributed by atoms with Gasteiger partial charge in [0, 0.05) is 24.5 Å². The highest BCUT2D eigenvalue weighted by atomic mass is 35.5. The SMILES string of the molecule is CCCNC(=O)[C@@H](Cc1ccccc1)N(Cc1cccc(Cl)c1)C(=O)CN(c1cccc(C(F)(F)F)c1)S(C)(=O)=O. The molecule has 0 aromatic heterocycles. The van der Waals surface area contributed by atoms with Gasteiger partial charge in [0.1, 0.15) is 12.6 Å². The van der Waals surface area contributed by atoms with Crippen LogP contribution in [-0.4, -0.2) is 50.5 Å². The molecule has 0 aliphatic rings.